The molecule has 0 aromatic carbocycles. The number of carbonyl (C=O) groups excluding carboxylic acids is 1. The average Bonchev–Trinajstić information content (AvgIpc) is 3.09. The van der Waals surface area contributed by atoms with Crippen LogP contribution in [0.4, 0.5) is 5.13 Å². The Kier molecular flexibility index (Phi) is 3.80. The molecule has 0 radical (unpaired) electrons. The van der Waals surface area contributed by atoms with Crippen LogP contribution in [0.1, 0.15) is 11.3 Å². The van der Waals surface area contributed by atoms with Crippen molar-refractivity contribution in [1.82, 2.24) is 9.36 Å². The number of aromatic nitrogens is 2. The van der Waals surface area contributed by atoms with Crippen LogP contribution in [-0.2, 0) is 14.6 Å². The number of thiophene rings is 1. The van der Waals surface area contributed by atoms with Gasteiger partial charge >= 0.3 is 0 Å². The van der Waals surface area contributed by atoms with Crippen LogP contribution in [0.15, 0.2) is 12.1 Å². The first-order chi connectivity index (χ1) is 9.93. The molecular formula is C12H13N3O3S3. The number of rotatable bonds is 3. The van der Waals surface area contributed by atoms with Gasteiger partial charge in [0.15, 0.2) is 15.7 Å². The molecule has 1 aliphatic heterocycles. The summed E-state index contributed by atoms with van der Waals surface area (Å²) >= 11 is 2.69. The number of hydrogen-bond acceptors (Lipinski definition) is 7. The van der Waals surface area contributed by atoms with Gasteiger partial charge in [0, 0.05) is 16.4 Å². The third-order valence-corrected chi connectivity index (χ3v) is 6.62. The number of amides is 1. The minimum atomic E-state index is -3.06. The summed E-state index contributed by atoms with van der Waals surface area (Å²) in [5.74, 6) is -0.171. The molecule has 2 aromatic rings. The largest absolute Gasteiger partial charge is 0.300 e. The maximum absolute atomic E-state index is 12.0. The van der Waals surface area contributed by atoms with E-state index in [0.717, 1.165) is 16.4 Å². The van der Waals surface area contributed by atoms with E-state index in [1.54, 1.807) is 11.3 Å². The summed E-state index contributed by atoms with van der Waals surface area (Å²) in [6.07, 6.45) is 0.379. The van der Waals surface area contributed by atoms with Gasteiger partial charge in [-0.2, -0.15) is 9.36 Å². The first-order valence-corrected chi connectivity index (χ1v) is 9.76. The van der Waals surface area contributed by atoms with Gasteiger partial charge in [0.25, 0.3) is 0 Å². The predicted octanol–water partition coefficient (Wildman–Crippen LogP) is 1.95. The van der Waals surface area contributed by atoms with Crippen molar-refractivity contribution < 1.29 is 13.2 Å². The van der Waals surface area contributed by atoms with Crippen molar-refractivity contribution in [3.63, 3.8) is 0 Å². The van der Waals surface area contributed by atoms with Crippen molar-refractivity contribution in [2.24, 2.45) is 5.92 Å². The predicted molar refractivity (Wildman–Crippen MR) is 83.3 cm³/mol. The minimum Gasteiger partial charge on any atom is -0.300 e. The summed E-state index contributed by atoms with van der Waals surface area (Å²) < 4.78 is 27.0. The lowest BCUT2D eigenvalue weighted by atomic mass is 10.1. The zero-order chi connectivity index (χ0) is 15.0. The quantitative estimate of drug-likeness (QED) is 0.920. The van der Waals surface area contributed by atoms with Crippen LogP contribution in [0.5, 0.6) is 0 Å². The zero-order valence-corrected chi connectivity index (χ0v) is 13.6. The van der Waals surface area contributed by atoms with Gasteiger partial charge < -0.3 is 5.32 Å². The fraction of sp³-hybridized carbons (Fsp3) is 0.417. The summed E-state index contributed by atoms with van der Waals surface area (Å²) in [5.41, 5.74) is 0. The zero-order valence-electron chi connectivity index (χ0n) is 11.2. The Morgan fingerprint density at radius 2 is 2.24 bits per heavy atom. The highest BCUT2D eigenvalue weighted by atomic mass is 32.2. The molecule has 2 aromatic heterocycles. The van der Waals surface area contributed by atoms with E-state index in [-0.39, 0.29) is 17.4 Å². The van der Waals surface area contributed by atoms with Gasteiger partial charge in [-0.05, 0) is 25.5 Å². The minimum absolute atomic E-state index is 0.0748. The lowest BCUT2D eigenvalue weighted by molar-refractivity contribution is -0.119. The van der Waals surface area contributed by atoms with Gasteiger partial charge in [-0.15, -0.1) is 11.3 Å². The highest BCUT2D eigenvalue weighted by Crippen LogP contribution is 2.28. The molecule has 1 saturated heterocycles. The first-order valence-electron chi connectivity index (χ1n) is 6.35. The summed E-state index contributed by atoms with van der Waals surface area (Å²) in [7, 11) is -3.06. The smallest absolute Gasteiger partial charge is 0.230 e. The number of nitrogens with zero attached hydrogens (tertiary/aromatic N) is 2. The van der Waals surface area contributed by atoms with E-state index in [0.29, 0.717) is 17.4 Å². The van der Waals surface area contributed by atoms with Crippen LogP contribution in [-0.4, -0.2) is 35.2 Å². The van der Waals surface area contributed by atoms with Gasteiger partial charge in [-0.25, -0.2) is 8.42 Å². The number of nitrogens with one attached hydrogen (secondary N) is 1. The number of anilines is 1. The van der Waals surface area contributed by atoms with Gasteiger partial charge in [0.1, 0.15) is 0 Å². The highest BCUT2D eigenvalue weighted by Gasteiger charge is 2.33. The van der Waals surface area contributed by atoms with Crippen molar-refractivity contribution in [2.75, 3.05) is 16.8 Å². The maximum atomic E-state index is 12.0. The van der Waals surface area contributed by atoms with Crippen LogP contribution in [0, 0.1) is 12.8 Å². The Morgan fingerprint density at radius 1 is 1.43 bits per heavy atom. The summed E-state index contributed by atoms with van der Waals surface area (Å²) in [6.45, 7) is 2.00. The number of hydrogen-bond donors (Lipinski definition) is 1. The molecule has 1 N–H and O–H groups in total. The maximum Gasteiger partial charge on any atom is 0.230 e. The molecule has 1 aliphatic rings. The highest BCUT2D eigenvalue weighted by molar-refractivity contribution is 7.91. The van der Waals surface area contributed by atoms with E-state index in [9.17, 15) is 13.2 Å². The monoisotopic (exact) mass is 343 g/mol. The standard InChI is InChI=1S/C12H13N3O3S3/c1-7-2-3-9(19-7)10-13-12(20-15-10)14-11(16)8-4-5-21(17,18)6-8/h2-3,8H,4-6H2,1H3,(H,13,14,15,16)/t8-/m0/s1. The summed E-state index contributed by atoms with van der Waals surface area (Å²) in [5, 5.41) is 3.07. The van der Waals surface area contributed by atoms with E-state index in [4.69, 9.17) is 0 Å². The topological polar surface area (TPSA) is 89.0 Å². The van der Waals surface area contributed by atoms with Gasteiger partial charge in [-0.3, -0.25) is 4.79 Å². The molecule has 21 heavy (non-hydrogen) atoms. The van der Waals surface area contributed by atoms with Crippen molar-refractivity contribution in [2.45, 2.75) is 13.3 Å². The Bertz CT molecular complexity index is 779. The Morgan fingerprint density at radius 3 is 2.86 bits per heavy atom. The molecule has 0 bridgehead atoms. The lowest BCUT2D eigenvalue weighted by Crippen LogP contribution is -2.23. The molecule has 3 heterocycles. The number of aryl methyl sites for hydroxylation is 1. The second-order valence-corrected chi connectivity index (χ2v) is 9.19. The summed E-state index contributed by atoms with van der Waals surface area (Å²) in [6, 6.07) is 3.93. The van der Waals surface area contributed by atoms with E-state index in [1.165, 1.54) is 4.88 Å². The molecule has 0 saturated carbocycles. The molecular weight excluding hydrogens is 330 g/mol. The molecule has 1 fully saturated rings. The number of sulfone groups is 1. The molecule has 1 atom stereocenters. The van der Waals surface area contributed by atoms with Gasteiger partial charge in [0.05, 0.1) is 22.3 Å². The van der Waals surface area contributed by atoms with Crippen LogP contribution < -0.4 is 5.32 Å². The fourth-order valence-corrected chi connectivity index (χ4v) is 5.32. The van der Waals surface area contributed by atoms with Crippen molar-refractivity contribution in [3.8, 4) is 10.7 Å². The van der Waals surface area contributed by atoms with Crippen LogP contribution in [0.3, 0.4) is 0 Å². The van der Waals surface area contributed by atoms with E-state index < -0.39 is 15.8 Å². The van der Waals surface area contributed by atoms with Crippen LogP contribution in [0.25, 0.3) is 10.7 Å². The normalized spacial score (nSPS) is 20.5. The van der Waals surface area contributed by atoms with E-state index in [1.807, 2.05) is 19.1 Å². The van der Waals surface area contributed by atoms with E-state index in [2.05, 4.69) is 14.7 Å². The van der Waals surface area contributed by atoms with Crippen LogP contribution >= 0.6 is 22.9 Å². The lowest BCUT2D eigenvalue weighted by Gasteiger charge is -2.05. The fourth-order valence-electron chi connectivity index (χ4n) is 2.14. The number of carbonyl (C=O) groups is 1. The summed E-state index contributed by atoms with van der Waals surface area (Å²) in [4.78, 5) is 18.4. The van der Waals surface area contributed by atoms with Gasteiger partial charge in [-0.1, -0.05) is 0 Å². The first kappa shape index (κ1) is 14.6. The van der Waals surface area contributed by atoms with E-state index >= 15 is 0 Å². The van der Waals surface area contributed by atoms with Crippen molar-refractivity contribution in [1.29, 1.82) is 0 Å². The van der Waals surface area contributed by atoms with Crippen molar-refractivity contribution >= 4 is 43.7 Å². The molecule has 6 nitrogen and oxygen atoms in total. The SMILES string of the molecule is Cc1ccc(-c2nsc(NC(=O)[C@H]3CCS(=O)(=O)C3)n2)s1. The van der Waals surface area contributed by atoms with Crippen molar-refractivity contribution in [3.05, 3.63) is 17.0 Å². The third kappa shape index (κ3) is 3.30. The Labute approximate surface area is 130 Å². The Balaban J connectivity index is 1.69. The van der Waals surface area contributed by atoms with Gasteiger partial charge in [0.2, 0.25) is 11.0 Å². The average molecular weight is 343 g/mol. The molecule has 9 heteroatoms. The third-order valence-electron chi connectivity index (χ3n) is 3.22. The second-order valence-electron chi connectivity index (χ2n) is 4.92. The molecule has 0 aliphatic carbocycles. The molecule has 3 rings (SSSR count). The molecule has 0 unspecified atom stereocenters. The second kappa shape index (κ2) is 5.47. The van der Waals surface area contributed by atoms with Crippen LogP contribution in [0.2, 0.25) is 0 Å². The molecule has 0 spiro atoms. The molecule has 112 valence electrons. The Hall–Kier alpha value is -1.32. The molecule has 1 amide bonds.